The Bertz CT molecular complexity index is 394. The van der Waals surface area contributed by atoms with E-state index in [1.807, 2.05) is 24.3 Å². The molecular weight excluding hydrogens is 236 g/mol. The lowest BCUT2D eigenvalue weighted by Crippen LogP contribution is -2.28. The van der Waals surface area contributed by atoms with E-state index in [1.165, 1.54) is 6.42 Å². The lowest BCUT2D eigenvalue weighted by atomic mass is 10.1. The first kappa shape index (κ1) is 15.5. The zero-order chi connectivity index (χ0) is 14.1. The van der Waals surface area contributed by atoms with Gasteiger partial charge in [-0.2, -0.15) is 5.26 Å². The number of ether oxygens (including phenoxy) is 1. The summed E-state index contributed by atoms with van der Waals surface area (Å²) in [6, 6.07) is 9.89. The second-order valence-corrected chi connectivity index (χ2v) is 5.10. The molecule has 1 unspecified atom stereocenters. The van der Waals surface area contributed by atoms with E-state index in [2.05, 4.69) is 31.9 Å². The Morgan fingerprint density at radius 3 is 2.58 bits per heavy atom. The summed E-state index contributed by atoms with van der Waals surface area (Å²) in [4.78, 5) is 2.30. The van der Waals surface area contributed by atoms with E-state index in [4.69, 9.17) is 10.00 Å². The van der Waals surface area contributed by atoms with Gasteiger partial charge in [0.25, 0.3) is 0 Å². The topological polar surface area (TPSA) is 36.3 Å². The van der Waals surface area contributed by atoms with Crippen molar-refractivity contribution in [2.45, 2.75) is 26.7 Å². The number of rotatable bonds is 8. The molecule has 0 aromatic heterocycles. The number of hydrogen-bond acceptors (Lipinski definition) is 3. The highest BCUT2D eigenvalue weighted by molar-refractivity contribution is 5.28. The van der Waals surface area contributed by atoms with Crippen LogP contribution in [0, 0.1) is 17.2 Å². The molecule has 0 saturated heterocycles. The third-order valence-electron chi connectivity index (χ3n) is 3.27. The van der Waals surface area contributed by atoms with Crippen LogP contribution in [-0.2, 0) is 6.42 Å². The van der Waals surface area contributed by atoms with E-state index in [9.17, 15) is 0 Å². The summed E-state index contributed by atoms with van der Waals surface area (Å²) in [5, 5.41) is 8.60. The Balaban J connectivity index is 2.27. The Hall–Kier alpha value is -1.53. The van der Waals surface area contributed by atoms with Crippen molar-refractivity contribution in [3.05, 3.63) is 29.8 Å². The number of nitrogens with zero attached hydrogens (tertiary/aromatic N) is 2. The molecule has 1 atom stereocenters. The van der Waals surface area contributed by atoms with Crippen molar-refractivity contribution in [2.24, 2.45) is 5.92 Å². The van der Waals surface area contributed by atoms with E-state index in [1.54, 1.807) is 0 Å². The van der Waals surface area contributed by atoms with Crippen LogP contribution in [0.5, 0.6) is 5.75 Å². The maximum atomic E-state index is 8.60. The molecule has 0 spiro atoms. The highest BCUT2D eigenvalue weighted by Crippen LogP contribution is 2.12. The molecule has 0 aliphatic heterocycles. The van der Waals surface area contributed by atoms with Crippen molar-refractivity contribution in [3.63, 3.8) is 0 Å². The van der Waals surface area contributed by atoms with Crippen LogP contribution in [0.15, 0.2) is 24.3 Å². The third kappa shape index (κ3) is 6.26. The standard InChI is InChI=1S/C16H24N2O/c1-4-14(2)13-18(3)11-12-19-16-7-5-15(6-8-16)9-10-17/h5-8,14H,4,9,11-13H2,1-3H3. The zero-order valence-corrected chi connectivity index (χ0v) is 12.2. The predicted molar refractivity (Wildman–Crippen MR) is 78.2 cm³/mol. The van der Waals surface area contributed by atoms with Crippen molar-refractivity contribution < 1.29 is 4.74 Å². The highest BCUT2D eigenvalue weighted by Gasteiger charge is 2.04. The van der Waals surface area contributed by atoms with Gasteiger partial charge in [-0.05, 0) is 30.7 Å². The molecule has 0 heterocycles. The highest BCUT2D eigenvalue weighted by atomic mass is 16.5. The summed E-state index contributed by atoms with van der Waals surface area (Å²) in [5.41, 5.74) is 1.03. The maximum Gasteiger partial charge on any atom is 0.119 e. The second-order valence-electron chi connectivity index (χ2n) is 5.10. The lowest BCUT2D eigenvalue weighted by molar-refractivity contribution is 0.217. The minimum Gasteiger partial charge on any atom is -0.492 e. The van der Waals surface area contributed by atoms with Gasteiger partial charge in [0, 0.05) is 13.1 Å². The SMILES string of the molecule is CCC(C)CN(C)CCOc1ccc(CC#N)cc1. The third-order valence-corrected chi connectivity index (χ3v) is 3.27. The maximum absolute atomic E-state index is 8.60. The predicted octanol–water partition coefficient (Wildman–Crippen LogP) is 3.11. The second kappa shape index (κ2) is 8.55. The molecule has 104 valence electrons. The van der Waals surface area contributed by atoms with E-state index in [0.29, 0.717) is 13.0 Å². The number of likely N-dealkylation sites (N-methyl/N-ethyl adjacent to an activating group) is 1. The quantitative estimate of drug-likeness (QED) is 0.720. The molecule has 3 nitrogen and oxygen atoms in total. The number of nitriles is 1. The molecule has 0 aliphatic carbocycles. The molecule has 1 aromatic carbocycles. The first-order valence-electron chi connectivity index (χ1n) is 6.93. The summed E-state index contributed by atoms with van der Waals surface area (Å²) >= 11 is 0. The largest absolute Gasteiger partial charge is 0.492 e. The van der Waals surface area contributed by atoms with Crippen LogP contribution in [0.3, 0.4) is 0 Å². The summed E-state index contributed by atoms with van der Waals surface area (Å²) in [6.45, 7) is 7.23. The van der Waals surface area contributed by atoms with Gasteiger partial charge in [-0.15, -0.1) is 0 Å². The van der Waals surface area contributed by atoms with Crippen LogP contribution >= 0.6 is 0 Å². The van der Waals surface area contributed by atoms with Gasteiger partial charge in [-0.25, -0.2) is 0 Å². The fourth-order valence-electron chi connectivity index (χ4n) is 1.87. The normalized spacial score (nSPS) is 12.2. The smallest absolute Gasteiger partial charge is 0.119 e. The zero-order valence-electron chi connectivity index (χ0n) is 12.2. The Morgan fingerprint density at radius 1 is 1.32 bits per heavy atom. The molecule has 0 aliphatic rings. The fraction of sp³-hybridized carbons (Fsp3) is 0.562. The monoisotopic (exact) mass is 260 g/mol. The van der Waals surface area contributed by atoms with Gasteiger partial charge < -0.3 is 9.64 Å². The van der Waals surface area contributed by atoms with E-state index in [0.717, 1.165) is 30.3 Å². The molecule has 0 radical (unpaired) electrons. The van der Waals surface area contributed by atoms with Crippen molar-refractivity contribution in [1.82, 2.24) is 4.90 Å². The molecule has 0 fully saturated rings. The molecule has 19 heavy (non-hydrogen) atoms. The molecule has 1 aromatic rings. The Labute approximate surface area is 116 Å². The number of hydrogen-bond donors (Lipinski definition) is 0. The molecule has 0 N–H and O–H groups in total. The fourth-order valence-corrected chi connectivity index (χ4v) is 1.87. The molecule has 0 amide bonds. The first-order chi connectivity index (χ1) is 9.15. The van der Waals surface area contributed by atoms with Crippen molar-refractivity contribution in [2.75, 3.05) is 26.7 Å². The average Bonchev–Trinajstić information content (AvgIpc) is 2.41. The minimum absolute atomic E-state index is 0.456. The van der Waals surface area contributed by atoms with E-state index < -0.39 is 0 Å². The van der Waals surface area contributed by atoms with Crippen LogP contribution < -0.4 is 4.74 Å². The van der Waals surface area contributed by atoms with Crippen molar-refractivity contribution in [1.29, 1.82) is 5.26 Å². The molecule has 0 saturated carbocycles. The van der Waals surface area contributed by atoms with Crippen LogP contribution in [0.4, 0.5) is 0 Å². The summed E-state index contributed by atoms with van der Waals surface area (Å²) in [5.74, 6) is 1.61. The van der Waals surface area contributed by atoms with Gasteiger partial charge in [0.2, 0.25) is 0 Å². The Morgan fingerprint density at radius 2 is 2.00 bits per heavy atom. The first-order valence-corrected chi connectivity index (χ1v) is 6.93. The summed E-state index contributed by atoms with van der Waals surface area (Å²) in [7, 11) is 2.13. The van der Waals surface area contributed by atoms with Gasteiger partial charge >= 0.3 is 0 Å². The molecule has 0 bridgehead atoms. The van der Waals surface area contributed by atoms with Crippen molar-refractivity contribution >= 4 is 0 Å². The van der Waals surface area contributed by atoms with Gasteiger partial charge in [0.15, 0.2) is 0 Å². The number of benzene rings is 1. The van der Waals surface area contributed by atoms with Crippen LogP contribution in [0.25, 0.3) is 0 Å². The minimum atomic E-state index is 0.456. The molecule has 3 heteroatoms. The molecule has 1 rings (SSSR count). The summed E-state index contributed by atoms with van der Waals surface area (Å²) < 4.78 is 5.70. The van der Waals surface area contributed by atoms with Crippen LogP contribution in [0.2, 0.25) is 0 Å². The van der Waals surface area contributed by atoms with Crippen molar-refractivity contribution in [3.8, 4) is 11.8 Å². The summed E-state index contributed by atoms with van der Waals surface area (Å²) in [6.07, 6.45) is 1.67. The lowest BCUT2D eigenvalue weighted by Gasteiger charge is -2.20. The van der Waals surface area contributed by atoms with E-state index in [-0.39, 0.29) is 0 Å². The van der Waals surface area contributed by atoms with Gasteiger partial charge in [-0.1, -0.05) is 32.4 Å². The van der Waals surface area contributed by atoms with Gasteiger partial charge in [-0.3, -0.25) is 0 Å². The van der Waals surface area contributed by atoms with Gasteiger partial charge in [0.05, 0.1) is 12.5 Å². The van der Waals surface area contributed by atoms with Crippen LogP contribution in [-0.4, -0.2) is 31.6 Å². The van der Waals surface area contributed by atoms with Gasteiger partial charge in [0.1, 0.15) is 12.4 Å². The van der Waals surface area contributed by atoms with E-state index >= 15 is 0 Å². The van der Waals surface area contributed by atoms with Crippen LogP contribution in [0.1, 0.15) is 25.8 Å². The molecular formula is C16H24N2O. The average molecular weight is 260 g/mol. The Kier molecular flexibility index (Phi) is 6.99.